The van der Waals surface area contributed by atoms with Gasteiger partial charge in [-0.1, -0.05) is 36.4 Å². The van der Waals surface area contributed by atoms with E-state index in [9.17, 15) is 5.11 Å². The Kier molecular flexibility index (Phi) is 3.64. The molecule has 17 heavy (non-hydrogen) atoms. The predicted molar refractivity (Wildman–Crippen MR) is 72.5 cm³/mol. The molecule has 2 aromatic rings. The van der Waals surface area contributed by atoms with Gasteiger partial charge in [-0.15, -0.1) is 0 Å². The molecule has 2 aromatic carbocycles. The Hall–Kier alpha value is -1.54. The van der Waals surface area contributed by atoms with Gasteiger partial charge in [-0.2, -0.15) is 0 Å². The highest BCUT2D eigenvalue weighted by molar-refractivity contribution is 5.89. The predicted octanol–water partition coefficient (Wildman–Crippen LogP) is 3.04. The third kappa shape index (κ3) is 2.77. The van der Waals surface area contributed by atoms with Crippen LogP contribution in [0.25, 0.3) is 10.8 Å². The lowest BCUT2D eigenvalue weighted by atomic mass is 10.0. The second-order valence-electron chi connectivity index (χ2n) is 4.70. The largest absolute Gasteiger partial charge is 0.507 e. The zero-order valence-electron chi connectivity index (χ0n) is 10.5. The molecule has 2 rings (SSSR count). The van der Waals surface area contributed by atoms with Gasteiger partial charge in [0.1, 0.15) is 5.75 Å². The zero-order chi connectivity index (χ0) is 12.3. The first-order valence-corrected chi connectivity index (χ1v) is 6.03. The number of phenols is 1. The van der Waals surface area contributed by atoms with E-state index in [0.717, 1.165) is 35.7 Å². The number of aromatic hydroxyl groups is 1. The zero-order valence-corrected chi connectivity index (χ0v) is 10.5. The molecule has 2 nitrogen and oxygen atoms in total. The number of nitrogens with zero attached hydrogens (tertiary/aromatic N) is 1. The van der Waals surface area contributed by atoms with Crippen molar-refractivity contribution in [2.75, 3.05) is 20.6 Å². The van der Waals surface area contributed by atoms with Gasteiger partial charge < -0.3 is 10.0 Å². The number of fused-ring (bicyclic) bond motifs is 1. The van der Waals surface area contributed by atoms with Gasteiger partial charge in [0.15, 0.2) is 0 Å². The van der Waals surface area contributed by atoms with Gasteiger partial charge in [0.25, 0.3) is 0 Å². The maximum absolute atomic E-state index is 10.2. The Balaban J connectivity index is 2.21. The highest BCUT2D eigenvalue weighted by Gasteiger charge is 2.05. The van der Waals surface area contributed by atoms with Gasteiger partial charge in [-0.25, -0.2) is 0 Å². The molecular weight excluding hydrogens is 210 g/mol. The molecule has 0 atom stereocenters. The van der Waals surface area contributed by atoms with Gasteiger partial charge in [-0.05, 0) is 44.4 Å². The Morgan fingerprint density at radius 2 is 1.82 bits per heavy atom. The minimum atomic E-state index is 0.446. The smallest absolute Gasteiger partial charge is 0.126 e. The van der Waals surface area contributed by atoms with Crippen LogP contribution in [0.2, 0.25) is 0 Å². The Labute approximate surface area is 102 Å². The number of rotatable bonds is 4. The monoisotopic (exact) mass is 229 g/mol. The molecule has 0 spiro atoms. The first kappa shape index (κ1) is 11.9. The fraction of sp³-hybridized carbons (Fsp3) is 0.333. The molecule has 0 bridgehead atoms. The van der Waals surface area contributed by atoms with Gasteiger partial charge in [0.2, 0.25) is 0 Å². The maximum atomic E-state index is 10.2. The molecule has 0 aliphatic rings. The van der Waals surface area contributed by atoms with Crippen molar-refractivity contribution in [3.05, 3.63) is 42.0 Å². The van der Waals surface area contributed by atoms with Crippen LogP contribution in [0.5, 0.6) is 5.75 Å². The molecule has 0 saturated heterocycles. The second kappa shape index (κ2) is 5.19. The third-order valence-electron chi connectivity index (χ3n) is 3.04. The SMILES string of the molecule is CN(C)CCCc1ccc2ccccc2c1O. The molecule has 0 aromatic heterocycles. The Morgan fingerprint density at radius 1 is 1.06 bits per heavy atom. The Morgan fingerprint density at radius 3 is 2.59 bits per heavy atom. The highest BCUT2D eigenvalue weighted by Crippen LogP contribution is 2.29. The van der Waals surface area contributed by atoms with Gasteiger partial charge in [-0.3, -0.25) is 0 Å². The summed E-state index contributed by atoms with van der Waals surface area (Å²) in [5.41, 5.74) is 1.05. The van der Waals surface area contributed by atoms with Crippen molar-refractivity contribution >= 4 is 10.8 Å². The van der Waals surface area contributed by atoms with E-state index >= 15 is 0 Å². The summed E-state index contributed by atoms with van der Waals surface area (Å²) in [5, 5.41) is 12.3. The quantitative estimate of drug-likeness (QED) is 0.871. The van der Waals surface area contributed by atoms with Crippen molar-refractivity contribution < 1.29 is 5.11 Å². The van der Waals surface area contributed by atoms with Crippen molar-refractivity contribution in [2.45, 2.75) is 12.8 Å². The summed E-state index contributed by atoms with van der Waals surface area (Å²) in [4.78, 5) is 2.16. The Bertz CT molecular complexity index is 505. The van der Waals surface area contributed by atoms with Crippen molar-refractivity contribution in [3.8, 4) is 5.75 Å². The number of phenolic OH excluding ortho intramolecular Hbond substituents is 1. The summed E-state index contributed by atoms with van der Waals surface area (Å²) in [6, 6.07) is 12.1. The van der Waals surface area contributed by atoms with E-state index in [4.69, 9.17) is 0 Å². The van der Waals surface area contributed by atoms with Crippen LogP contribution in [-0.4, -0.2) is 30.6 Å². The summed E-state index contributed by atoms with van der Waals surface area (Å²) in [5.74, 6) is 0.446. The maximum Gasteiger partial charge on any atom is 0.126 e. The molecule has 0 saturated carbocycles. The van der Waals surface area contributed by atoms with Crippen LogP contribution in [0.1, 0.15) is 12.0 Å². The standard InChI is InChI=1S/C15H19NO/c1-16(2)11-5-7-13-10-9-12-6-3-4-8-14(12)15(13)17/h3-4,6,8-10,17H,5,7,11H2,1-2H3. The first-order chi connectivity index (χ1) is 8.18. The van der Waals surface area contributed by atoms with Crippen LogP contribution in [0.3, 0.4) is 0 Å². The molecule has 90 valence electrons. The van der Waals surface area contributed by atoms with Crippen LogP contribution in [-0.2, 0) is 6.42 Å². The fourth-order valence-electron chi connectivity index (χ4n) is 2.09. The normalized spacial score (nSPS) is 11.2. The molecule has 1 N–H and O–H groups in total. The molecule has 0 aliphatic heterocycles. The van der Waals surface area contributed by atoms with E-state index in [1.165, 1.54) is 0 Å². The fourth-order valence-corrected chi connectivity index (χ4v) is 2.09. The average molecular weight is 229 g/mol. The minimum absolute atomic E-state index is 0.446. The summed E-state index contributed by atoms with van der Waals surface area (Å²) in [6.45, 7) is 1.05. The number of hydrogen-bond acceptors (Lipinski definition) is 2. The molecule has 0 heterocycles. The third-order valence-corrected chi connectivity index (χ3v) is 3.04. The van der Waals surface area contributed by atoms with Crippen LogP contribution >= 0.6 is 0 Å². The summed E-state index contributed by atoms with van der Waals surface area (Å²) in [7, 11) is 4.14. The summed E-state index contributed by atoms with van der Waals surface area (Å²) in [6.07, 6.45) is 1.99. The van der Waals surface area contributed by atoms with Crippen molar-refractivity contribution in [1.29, 1.82) is 0 Å². The van der Waals surface area contributed by atoms with Crippen LogP contribution in [0, 0.1) is 0 Å². The van der Waals surface area contributed by atoms with Crippen molar-refractivity contribution in [1.82, 2.24) is 4.90 Å². The molecule has 0 fully saturated rings. The van der Waals surface area contributed by atoms with Gasteiger partial charge in [0, 0.05) is 5.39 Å². The van der Waals surface area contributed by atoms with E-state index < -0.39 is 0 Å². The van der Waals surface area contributed by atoms with E-state index in [0.29, 0.717) is 5.75 Å². The van der Waals surface area contributed by atoms with Gasteiger partial charge >= 0.3 is 0 Å². The van der Waals surface area contributed by atoms with E-state index in [1.54, 1.807) is 0 Å². The van der Waals surface area contributed by atoms with Crippen LogP contribution < -0.4 is 0 Å². The van der Waals surface area contributed by atoms with E-state index in [2.05, 4.69) is 25.1 Å². The molecule has 0 unspecified atom stereocenters. The van der Waals surface area contributed by atoms with E-state index in [-0.39, 0.29) is 0 Å². The van der Waals surface area contributed by atoms with Crippen LogP contribution in [0.4, 0.5) is 0 Å². The average Bonchev–Trinajstić information content (AvgIpc) is 2.32. The summed E-state index contributed by atoms with van der Waals surface area (Å²) < 4.78 is 0. The number of aryl methyl sites for hydroxylation is 1. The lowest BCUT2D eigenvalue weighted by molar-refractivity contribution is 0.398. The van der Waals surface area contributed by atoms with E-state index in [1.807, 2.05) is 30.3 Å². The minimum Gasteiger partial charge on any atom is -0.507 e. The lowest BCUT2D eigenvalue weighted by Crippen LogP contribution is -2.13. The number of benzene rings is 2. The number of hydrogen-bond donors (Lipinski definition) is 1. The van der Waals surface area contributed by atoms with Crippen LogP contribution in [0.15, 0.2) is 36.4 Å². The van der Waals surface area contributed by atoms with Crippen molar-refractivity contribution in [3.63, 3.8) is 0 Å². The summed E-state index contributed by atoms with van der Waals surface area (Å²) >= 11 is 0. The van der Waals surface area contributed by atoms with Crippen molar-refractivity contribution in [2.24, 2.45) is 0 Å². The first-order valence-electron chi connectivity index (χ1n) is 6.03. The molecule has 2 heteroatoms. The molecule has 0 amide bonds. The molecular formula is C15H19NO. The highest BCUT2D eigenvalue weighted by atomic mass is 16.3. The molecule has 0 radical (unpaired) electrons. The van der Waals surface area contributed by atoms with Gasteiger partial charge in [0.05, 0.1) is 0 Å². The topological polar surface area (TPSA) is 23.5 Å². The molecule has 0 aliphatic carbocycles. The second-order valence-corrected chi connectivity index (χ2v) is 4.70. The lowest BCUT2D eigenvalue weighted by Gasteiger charge is -2.11.